The molecular formula is C14H13F2NO2. The van der Waals surface area contributed by atoms with Crippen molar-refractivity contribution in [2.24, 2.45) is 0 Å². The van der Waals surface area contributed by atoms with Crippen LogP contribution in [0.1, 0.15) is 17.7 Å². The first-order chi connectivity index (χ1) is 9.02. The van der Waals surface area contributed by atoms with Crippen LogP contribution in [0.2, 0.25) is 0 Å². The number of aromatic nitrogens is 1. The van der Waals surface area contributed by atoms with Gasteiger partial charge in [-0.2, -0.15) is 0 Å². The first-order valence-electron chi connectivity index (χ1n) is 5.84. The Morgan fingerprint density at radius 3 is 2.68 bits per heavy atom. The molecule has 0 spiro atoms. The molecule has 0 N–H and O–H groups in total. The summed E-state index contributed by atoms with van der Waals surface area (Å²) in [6.45, 7) is 1.69. The minimum Gasteiger partial charge on any atom is -0.469 e. The summed E-state index contributed by atoms with van der Waals surface area (Å²) in [5, 5.41) is 0.182. The minimum absolute atomic E-state index is 0.000124. The van der Waals surface area contributed by atoms with Gasteiger partial charge in [-0.1, -0.05) is 0 Å². The molecule has 2 aromatic rings. The zero-order valence-electron chi connectivity index (χ0n) is 10.7. The van der Waals surface area contributed by atoms with E-state index in [9.17, 15) is 13.6 Å². The predicted molar refractivity (Wildman–Crippen MR) is 66.7 cm³/mol. The third-order valence-electron chi connectivity index (χ3n) is 2.92. The van der Waals surface area contributed by atoms with Crippen LogP contribution in [0.4, 0.5) is 8.78 Å². The summed E-state index contributed by atoms with van der Waals surface area (Å²) in [7, 11) is 1.30. The van der Waals surface area contributed by atoms with Crippen molar-refractivity contribution in [3.8, 4) is 0 Å². The van der Waals surface area contributed by atoms with Crippen molar-refractivity contribution in [1.82, 2.24) is 4.98 Å². The summed E-state index contributed by atoms with van der Waals surface area (Å²) in [5.74, 6) is -1.43. The van der Waals surface area contributed by atoms with Crippen LogP contribution in [0.25, 0.3) is 10.9 Å². The van der Waals surface area contributed by atoms with Crippen LogP contribution >= 0.6 is 0 Å². The first-order valence-corrected chi connectivity index (χ1v) is 5.84. The average Bonchev–Trinajstić information content (AvgIpc) is 2.40. The van der Waals surface area contributed by atoms with Gasteiger partial charge in [-0.15, -0.1) is 0 Å². The standard InChI is InChI=1S/C14H13F2NO2/c1-8-7-9(3-6-12(18)19-2)17-14-11(16)5-4-10(15)13(8)14/h4-5,7H,3,6H2,1-2H3. The van der Waals surface area contributed by atoms with Gasteiger partial charge in [0.15, 0.2) is 0 Å². The number of carbonyl (C=O) groups excluding carboxylic acids is 1. The number of esters is 1. The van der Waals surface area contributed by atoms with Crippen molar-refractivity contribution in [3.63, 3.8) is 0 Å². The molecule has 0 radical (unpaired) electrons. The molecule has 1 aromatic carbocycles. The van der Waals surface area contributed by atoms with E-state index in [1.54, 1.807) is 13.0 Å². The van der Waals surface area contributed by atoms with Crippen LogP contribution in [0, 0.1) is 18.6 Å². The van der Waals surface area contributed by atoms with Crippen molar-refractivity contribution in [2.45, 2.75) is 19.8 Å². The Bertz CT molecular complexity index is 641. The van der Waals surface area contributed by atoms with E-state index in [0.29, 0.717) is 17.7 Å². The lowest BCUT2D eigenvalue weighted by atomic mass is 10.1. The van der Waals surface area contributed by atoms with E-state index < -0.39 is 11.6 Å². The van der Waals surface area contributed by atoms with Gasteiger partial charge in [0.25, 0.3) is 0 Å². The second kappa shape index (κ2) is 5.30. The van der Waals surface area contributed by atoms with Gasteiger partial charge in [0, 0.05) is 17.5 Å². The fraction of sp³-hybridized carbons (Fsp3) is 0.286. The quantitative estimate of drug-likeness (QED) is 0.801. The second-order valence-corrected chi connectivity index (χ2v) is 4.26. The van der Waals surface area contributed by atoms with E-state index in [2.05, 4.69) is 9.72 Å². The monoisotopic (exact) mass is 265 g/mol. The third kappa shape index (κ3) is 2.70. The van der Waals surface area contributed by atoms with E-state index in [1.165, 1.54) is 7.11 Å². The molecule has 3 nitrogen and oxygen atoms in total. The number of hydrogen-bond donors (Lipinski definition) is 0. The van der Waals surface area contributed by atoms with Gasteiger partial charge in [0.2, 0.25) is 0 Å². The number of carbonyl (C=O) groups is 1. The molecule has 19 heavy (non-hydrogen) atoms. The molecule has 0 aliphatic carbocycles. The molecule has 0 aliphatic rings. The molecule has 0 atom stereocenters. The maximum absolute atomic E-state index is 13.7. The zero-order chi connectivity index (χ0) is 14.0. The summed E-state index contributed by atoms with van der Waals surface area (Å²) in [6, 6.07) is 3.79. The Morgan fingerprint density at radius 1 is 1.32 bits per heavy atom. The van der Waals surface area contributed by atoms with Gasteiger partial charge in [0.1, 0.15) is 17.2 Å². The number of halogens is 2. The lowest BCUT2D eigenvalue weighted by Crippen LogP contribution is -2.04. The molecule has 2 rings (SSSR count). The van der Waals surface area contributed by atoms with E-state index in [4.69, 9.17) is 0 Å². The van der Waals surface area contributed by atoms with Gasteiger partial charge in [-0.25, -0.2) is 13.8 Å². The second-order valence-electron chi connectivity index (χ2n) is 4.26. The van der Waals surface area contributed by atoms with Crippen molar-refractivity contribution in [2.75, 3.05) is 7.11 Å². The van der Waals surface area contributed by atoms with E-state index in [1.807, 2.05) is 0 Å². The highest BCUT2D eigenvalue weighted by Gasteiger charge is 2.12. The van der Waals surface area contributed by atoms with Gasteiger partial charge < -0.3 is 4.74 Å². The van der Waals surface area contributed by atoms with Crippen LogP contribution < -0.4 is 0 Å². The predicted octanol–water partition coefficient (Wildman–Crippen LogP) is 2.93. The Kier molecular flexibility index (Phi) is 3.74. The molecule has 100 valence electrons. The molecular weight excluding hydrogens is 252 g/mol. The fourth-order valence-corrected chi connectivity index (χ4v) is 1.98. The van der Waals surface area contributed by atoms with Gasteiger partial charge in [0.05, 0.1) is 13.5 Å². The number of methoxy groups -OCH3 is 1. The molecule has 1 heterocycles. The van der Waals surface area contributed by atoms with Gasteiger partial charge in [-0.3, -0.25) is 4.79 Å². The minimum atomic E-state index is -0.570. The van der Waals surface area contributed by atoms with Gasteiger partial charge in [-0.05, 0) is 30.7 Å². The topological polar surface area (TPSA) is 39.2 Å². The van der Waals surface area contributed by atoms with Crippen LogP contribution in [0.3, 0.4) is 0 Å². The smallest absolute Gasteiger partial charge is 0.305 e. The number of aryl methyl sites for hydroxylation is 2. The zero-order valence-corrected chi connectivity index (χ0v) is 10.7. The fourth-order valence-electron chi connectivity index (χ4n) is 1.98. The van der Waals surface area contributed by atoms with Gasteiger partial charge >= 0.3 is 5.97 Å². The Labute approximate surface area is 109 Å². The van der Waals surface area contributed by atoms with E-state index in [0.717, 1.165) is 12.1 Å². The van der Waals surface area contributed by atoms with E-state index >= 15 is 0 Å². The lowest BCUT2D eigenvalue weighted by Gasteiger charge is -2.07. The molecule has 0 aliphatic heterocycles. The maximum Gasteiger partial charge on any atom is 0.305 e. The number of fused-ring (bicyclic) bond motifs is 1. The van der Waals surface area contributed by atoms with Crippen molar-refractivity contribution >= 4 is 16.9 Å². The number of hydrogen-bond acceptors (Lipinski definition) is 3. The molecule has 0 saturated carbocycles. The summed E-state index contributed by atoms with van der Waals surface area (Å²) in [6.07, 6.45) is 0.491. The maximum atomic E-state index is 13.7. The largest absolute Gasteiger partial charge is 0.469 e. The van der Waals surface area contributed by atoms with E-state index in [-0.39, 0.29) is 23.3 Å². The normalized spacial score (nSPS) is 10.7. The number of nitrogens with zero attached hydrogens (tertiary/aromatic N) is 1. The van der Waals surface area contributed by atoms with Crippen molar-refractivity contribution in [1.29, 1.82) is 0 Å². The highest BCUT2D eigenvalue weighted by molar-refractivity contribution is 5.83. The highest BCUT2D eigenvalue weighted by atomic mass is 19.1. The van der Waals surface area contributed by atoms with Crippen LogP contribution in [0.5, 0.6) is 0 Å². The number of benzene rings is 1. The number of pyridine rings is 1. The summed E-state index contributed by atoms with van der Waals surface area (Å²) in [5.41, 5.74) is 1.14. The SMILES string of the molecule is COC(=O)CCc1cc(C)c2c(F)ccc(F)c2n1. The molecule has 5 heteroatoms. The molecule has 0 bridgehead atoms. The highest BCUT2D eigenvalue weighted by Crippen LogP contribution is 2.24. The summed E-state index contributed by atoms with van der Waals surface area (Å²) < 4.78 is 31.8. The molecule has 0 fully saturated rings. The number of ether oxygens (including phenoxy) is 1. The van der Waals surface area contributed by atoms with Crippen molar-refractivity contribution < 1.29 is 18.3 Å². The molecule has 0 saturated heterocycles. The van der Waals surface area contributed by atoms with Crippen LogP contribution in [-0.2, 0) is 16.0 Å². The molecule has 1 aromatic heterocycles. The average molecular weight is 265 g/mol. The van der Waals surface area contributed by atoms with Crippen molar-refractivity contribution in [3.05, 3.63) is 41.1 Å². The summed E-state index contributed by atoms with van der Waals surface area (Å²) >= 11 is 0. The van der Waals surface area contributed by atoms with Crippen LogP contribution in [-0.4, -0.2) is 18.1 Å². The summed E-state index contributed by atoms with van der Waals surface area (Å²) in [4.78, 5) is 15.2. The Hall–Kier alpha value is -2.04. The van der Waals surface area contributed by atoms with Crippen LogP contribution in [0.15, 0.2) is 18.2 Å². The molecule has 0 unspecified atom stereocenters. The Morgan fingerprint density at radius 2 is 2.00 bits per heavy atom. The first kappa shape index (κ1) is 13.4. The Balaban J connectivity index is 2.44. The molecule has 0 amide bonds. The number of rotatable bonds is 3. The lowest BCUT2D eigenvalue weighted by molar-refractivity contribution is -0.140. The third-order valence-corrected chi connectivity index (χ3v) is 2.92.